The third-order valence-electron chi connectivity index (χ3n) is 6.18. The van der Waals surface area contributed by atoms with Crippen LogP contribution in [0.25, 0.3) is 10.9 Å². The van der Waals surface area contributed by atoms with Crippen molar-refractivity contribution >= 4 is 38.4 Å². The van der Waals surface area contributed by atoms with Gasteiger partial charge in [-0.1, -0.05) is 36.4 Å². The van der Waals surface area contributed by atoms with Gasteiger partial charge in [0.05, 0.1) is 17.0 Å². The van der Waals surface area contributed by atoms with Crippen molar-refractivity contribution in [1.82, 2.24) is 9.29 Å². The largest absolute Gasteiger partial charge is 0.361 e. The van der Waals surface area contributed by atoms with Crippen molar-refractivity contribution in [3.05, 3.63) is 96.4 Å². The highest BCUT2D eigenvalue weighted by Gasteiger charge is 2.46. The molecule has 178 valence electrons. The molecule has 1 atom stereocenters. The van der Waals surface area contributed by atoms with Gasteiger partial charge in [0.25, 0.3) is 5.91 Å². The van der Waals surface area contributed by atoms with E-state index in [9.17, 15) is 22.4 Å². The lowest BCUT2D eigenvalue weighted by atomic mass is 10.1. The number of aromatic amines is 1. The lowest BCUT2D eigenvalue weighted by Crippen LogP contribution is -2.46. The molecular formula is C26H22FN3O4S. The molecule has 1 unspecified atom stereocenters. The van der Waals surface area contributed by atoms with Crippen molar-refractivity contribution in [3.63, 3.8) is 0 Å². The van der Waals surface area contributed by atoms with Crippen LogP contribution in [0, 0.1) is 5.82 Å². The third kappa shape index (κ3) is 4.24. The summed E-state index contributed by atoms with van der Waals surface area (Å²) in [6, 6.07) is 19.3. The summed E-state index contributed by atoms with van der Waals surface area (Å²) >= 11 is 0. The fourth-order valence-corrected chi connectivity index (χ4v) is 6.05. The number of anilines is 1. The molecule has 2 amide bonds. The van der Waals surface area contributed by atoms with Gasteiger partial charge in [-0.05, 0) is 54.4 Å². The second kappa shape index (κ2) is 9.09. The number of carbonyl (C=O) groups is 2. The molecule has 5 rings (SSSR count). The SMILES string of the molecule is O=C1CC(N(CCc2c[nH]c3ccccc23)S(=O)(=O)c2ccccc2)C(=O)N1c1ccc(F)cc1. The normalized spacial score (nSPS) is 16.5. The Balaban J connectivity index is 1.50. The van der Waals surface area contributed by atoms with Crippen molar-refractivity contribution in [2.45, 2.75) is 23.8 Å². The predicted molar refractivity (Wildman–Crippen MR) is 130 cm³/mol. The molecule has 1 N–H and O–H groups in total. The molecule has 4 aromatic rings. The van der Waals surface area contributed by atoms with E-state index in [-0.39, 0.29) is 23.5 Å². The maximum Gasteiger partial charge on any atom is 0.252 e. The van der Waals surface area contributed by atoms with Gasteiger partial charge < -0.3 is 4.98 Å². The average molecular weight is 492 g/mol. The Morgan fingerprint density at radius 2 is 1.63 bits per heavy atom. The number of H-pyrrole nitrogens is 1. The van der Waals surface area contributed by atoms with Crippen molar-refractivity contribution in [3.8, 4) is 0 Å². The number of hydrogen-bond donors (Lipinski definition) is 1. The Morgan fingerprint density at radius 3 is 2.37 bits per heavy atom. The van der Waals surface area contributed by atoms with Gasteiger partial charge in [0, 0.05) is 23.6 Å². The molecule has 3 aromatic carbocycles. The fraction of sp³-hybridized carbons (Fsp3) is 0.154. The summed E-state index contributed by atoms with van der Waals surface area (Å²) in [6.07, 6.45) is 1.87. The van der Waals surface area contributed by atoms with Crippen molar-refractivity contribution in [2.24, 2.45) is 0 Å². The highest BCUT2D eigenvalue weighted by atomic mass is 32.2. The molecule has 9 heteroatoms. The van der Waals surface area contributed by atoms with E-state index in [1.54, 1.807) is 18.2 Å². The van der Waals surface area contributed by atoms with Gasteiger partial charge in [0.15, 0.2) is 0 Å². The van der Waals surface area contributed by atoms with E-state index in [2.05, 4.69) is 4.98 Å². The Morgan fingerprint density at radius 1 is 0.943 bits per heavy atom. The van der Waals surface area contributed by atoms with Crippen LogP contribution in [-0.4, -0.2) is 42.1 Å². The first-order valence-electron chi connectivity index (χ1n) is 11.1. The fourth-order valence-electron chi connectivity index (χ4n) is 4.44. The maximum absolute atomic E-state index is 13.7. The molecule has 0 radical (unpaired) electrons. The van der Waals surface area contributed by atoms with Gasteiger partial charge in [-0.2, -0.15) is 4.31 Å². The molecule has 0 spiro atoms. The summed E-state index contributed by atoms with van der Waals surface area (Å²) in [5.74, 6) is -1.69. The van der Waals surface area contributed by atoms with E-state index in [1.165, 1.54) is 24.3 Å². The van der Waals surface area contributed by atoms with Crippen LogP contribution in [0.2, 0.25) is 0 Å². The smallest absolute Gasteiger partial charge is 0.252 e. The first-order chi connectivity index (χ1) is 16.9. The van der Waals surface area contributed by atoms with Gasteiger partial charge in [-0.25, -0.2) is 17.7 Å². The number of benzene rings is 3. The second-order valence-corrected chi connectivity index (χ2v) is 10.2. The molecule has 0 aliphatic carbocycles. The minimum Gasteiger partial charge on any atom is -0.361 e. The van der Waals surface area contributed by atoms with Gasteiger partial charge in [0.1, 0.15) is 11.9 Å². The minimum absolute atomic E-state index is 0.0000196. The summed E-state index contributed by atoms with van der Waals surface area (Å²) in [5, 5.41) is 0.964. The number of para-hydroxylation sites is 1. The van der Waals surface area contributed by atoms with Gasteiger partial charge in [-0.15, -0.1) is 0 Å². The highest BCUT2D eigenvalue weighted by molar-refractivity contribution is 7.89. The number of carbonyl (C=O) groups excluding carboxylic acids is 2. The number of aromatic nitrogens is 1. The first-order valence-corrected chi connectivity index (χ1v) is 12.5. The Kier molecular flexibility index (Phi) is 5.96. The summed E-state index contributed by atoms with van der Waals surface area (Å²) in [6.45, 7) is 0.0000196. The molecule has 1 saturated heterocycles. The van der Waals surface area contributed by atoms with E-state index in [1.807, 2.05) is 30.5 Å². The number of rotatable bonds is 7. The lowest BCUT2D eigenvalue weighted by Gasteiger charge is -2.27. The summed E-state index contributed by atoms with van der Waals surface area (Å²) in [5.41, 5.74) is 2.04. The monoisotopic (exact) mass is 491 g/mol. The maximum atomic E-state index is 13.7. The number of nitrogens with zero attached hydrogens (tertiary/aromatic N) is 2. The van der Waals surface area contributed by atoms with Crippen LogP contribution in [0.4, 0.5) is 10.1 Å². The van der Waals surface area contributed by atoms with E-state index in [4.69, 9.17) is 0 Å². The number of amides is 2. The van der Waals surface area contributed by atoms with Crippen molar-refractivity contribution in [1.29, 1.82) is 0 Å². The molecule has 1 aliphatic rings. The number of hydrogen-bond acceptors (Lipinski definition) is 4. The van der Waals surface area contributed by atoms with Crippen molar-refractivity contribution < 1.29 is 22.4 Å². The van der Waals surface area contributed by atoms with Crippen LogP contribution in [0.3, 0.4) is 0 Å². The molecule has 1 fully saturated rings. The molecule has 1 aliphatic heterocycles. The van der Waals surface area contributed by atoms with E-state index in [0.29, 0.717) is 6.42 Å². The number of fused-ring (bicyclic) bond motifs is 1. The standard InChI is InChI=1S/C26H22FN3O4S/c27-19-10-12-20(13-11-19)30-25(31)16-24(26(30)32)29(35(33,34)21-6-2-1-3-7-21)15-14-18-17-28-23-9-5-4-8-22(18)23/h1-13,17,24,28H,14-16H2. The van der Waals surface area contributed by atoms with E-state index in [0.717, 1.165) is 37.8 Å². The number of nitrogens with one attached hydrogen (secondary N) is 1. The Hall–Kier alpha value is -3.82. The van der Waals surface area contributed by atoms with Crippen LogP contribution in [0.15, 0.2) is 90.0 Å². The van der Waals surface area contributed by atoms with Crippen LogP contribution >= 0.6 is 0 Å². The second-order valence-electron chi connectivity index (χ2n) is 8.30. The molecule has 1 aromatic heterocycles. The number of imide groups is 1. The van der Waals surface area contributed by atoms with Gasteiger partial charge in [-0.3, -0.25) is 9.59 Å². The highest BCUT2D eigenvalue weighted by Crippen LogP contribution is 2.30. The van der Waals surface area contributed by atoms with Gasteiger partial charge >= 0.3 is 0 Å². The molecule has 0 saturated carbocycles. The average Bonchev–Trinajstić information content (AvgIpc) is 3.40. The van der Waals surface area contributed by atoms with E-state index >= 15 is 0 Å². The topological polar surface area (TPSA) is 90.5 Å². The van der Waals surface area contributed by atoms with Crippen LogP contribution in [-0.2, 0) is 26.0 Å². The zero-order valence-corrected chi connectivity index (χ0v) is 19.4. The Bertz CT molecular complexity index is 1500. The number of sulfonamides is 1. The molecule has 0 bridgehead atoms. The third-order valence-corrected chi connectivity index (χ3v) is 8.10. The Labute approximate surface area is 201 Å². The minimum atomic E-state index is -4.10. The zero-order chi connectivity index (χ0) is 24.6. The quantitative estimate of drug-likeness (QED) is 0.398. The van der Waals surface area contributed by atoms with Crippen LogP contribution in [0.5, 0.6) is 0 Å². The zero-order valence-electron chi connectivity index (χ0n) is 18.6. The van der Waals surface area contributed by atoms with Crippen LogP contribution < -0.4 is 4.90 Å². The first kappa shape index (κ1) is 22.9. The molecular weight excluding hydrogens is 469 g/mol. The lowest BCUT2D eigenvalue weighted by molar-refractivity contribution is -0.122. The molecule has 2 heterocycles. The number of halogens is 1. The molecule has 35 heavy (non-hydrogen) atoms. The summed E-state index contributed by atoms with van der Waals surface area (Å²) in [7, 11) is -4.10. The summed E-state index contributed by atoms with van der Waals surface area (Å²) in [4.78, 5) is 30.4. The van der Waals surface area contributed by atoms with Gasteiger partial charge in [0.2, 0.25) is 15.9 Å². The predicted octanol–water partition coefficient (Wildman–Crippen LogP) is 3.87. The van der Waals surface area contributed by atoms with E-state index < -0.39 is 33.7 Å². The van der Waals surface area contributed by atoms with Crippen molar-refractivity contribution in [2.75, 3.05) is 11.4 Å². The molecule has 7 nitrogen and oxygen atoms in total. The summed E-state index contributed by atoms with van der Waals surface area (Å²) < 4.78 is 41.8. The van der Waals surface area contributed by atoms with Crippen LogP contribution in [0.1, 0.15) is 12.0 Å².